The number of carbonyl (C=O) groups excluding carboxylic acids is 2. The second kappa shape index (κ2) is 8.56. The SMILES string of the molecule is CCc1ccc([C@H]2CC(=O)c3c([nH]c(C(=O)OC4CCCCCC4)c3C)C2)cc1. The van der Waals surface area contributed by atoms with Gasteiger partial charge in [0.15, 0.2) is 5.78 Å². The molecule has 0 saturated heterocycles. The molecule has 1 N–H and O–H groups in total. The van der Waals surface area contributed by atoms with Crippen LogP contribution in [0.1, 0.15) is 101 Å². The first-order valence-corrected chi connectivity index (χ1v) is 11.1. The summed E-state index contributed by atoms with van der Waals surface area (Å²) in [5.74, 6) is -0.0248. The fourth-order valence-corrected chi connectivity index (χ4v) is 4.87. The normalized spacial score (nSPS) is 20.2. The van der Waals surface area contributed by atoms with Gasteiger partial charge in [-0.25, -0.2) is 4.79 Å². The van der Waals surface area contributed by atoms with Gasteiger partial charge in [0, 0.05) is 17.7 Å². The molecule has 1 heterocycles. The van der Waals surface area contributed by atoms with E-state index in [1.54, 1.807) is 0 Å². The van der Waals surface area contributed by atoms with E-state index in [1.165, 1.54) is 24.0 Å². The average Bonchev–Trinajstić information content (AvgIpc) is 2.89. The van der Waals surface area contributed by atoms with Crippen LogP contribution in [0.25, 0.3) is 0 Å². The number of rotatable bonds is 4. The Morgan fingerprint density at radius 1 is 1.07 bits per heavy atom. The molecule has 0 radical (unpaired) electrons. The molecule has 1 aromatic carbocycles. The minimum Gasteiger partial charge on any atom is -0.458 e. The van der Waals surface area contributed by atoms with Crippen LogP contribution < -0.4 is 0 Å². The van der Waals surface area contributed by atoms with E-state index in [-0.39, 0.29) is 23.8 Å². The number of hydrogen-bond acceptors (Lipinski definition) is 3. The van der Waals surface area contributed by atoms with Gasteiger partial charge in [0.2, 0.25) is 0 Å². The fraction of sp³-hybridized carbons (Fsp3) is 0.520. The number of aromatic nitrogens is 1. The Morgan fingerprint density at radius 3 is 2.41 bits per heavy atom. The monoisotopic (exact) mass is 393 g/mol. The van der Waals surface area contributed by atoms with Gasteiger partial charge >= 0.3 is 5.97 Å². The highest BCUT2D eigenvalue weighted by molar-refractivity contribution is 6.03. The van der Waals surface area contributed by atoms with Crippen LogP contribution in [-0.2, 0) is 17.6 Å². The maximum Gasteiger partial charge on any atom is 0.355 e. The zero-order valence-corrected chi connectivity index (χ0v) is 17.6. The van der Waals surface area contributed by atoms with Crippen molar-refractivity contribution < 1.29 is 14.3 Å². The quantitative estimate of drug-likeness (QED) is 0.537. The van der Waals surface area contributed by atoms with E-state index >= 15 is 0 Å². The molecule has 0 amide bonds. The molecule has 0 bridgehead atoms. The molecule has 2 aromatic rings. The largest absolute Gasteiger partial charge is 0.458 e. The second-order valence-electron chi connectivity index (χ2n) is 8.62. The number of H-pyrrole nitrogens is 1. The second-order valence-corrected chi connectivity index (χ2v) is 8.62. The molecule has 1 atom stereocenters. The molecule has 29 heavy (non-hydrogen) atoms. The van der Waals surface area contributed by atoms with Crippen molar-refractivity contribution in [2.45, 2.75) is 83.7 Å². The summed E-state index contributed by atoms with van der Waals surface area (Å²) in [6, 6.07) is 8.56. The summed E-state index contributed by atoms with van der Waals surface area (Å²) in [4.78, 5) is 29.0. The van der Waals surface area contributed by atoms with Gasteiger partial charge in [-0.05, 0) is 68.1 Å². The van der Waals surface area contributed by atoms with Gasteiger partial charge in [-0.15, -0.1) is 0 Å². The Hall–Kier alpha value is -2.36. The highest BCUT2D eigenvalue weighted by Gasteiger charge is 2.32. The lowest BCUT2D eigenvalue weighted by atomic mass is 9.81. The van der Waals surface area contributed by atoms with Crippen LogP contribution in [0, 0.1) is 6.92 Å². The molecule has 4 rings (SSSR count). The molecule has 4 nitrogen and oxygen atoms in total. The van der Waals surface area contributed by atoms with Crippen molar-refractivity contribution in [3.05, 3.63) is 57.9 Å². The van der Waals surface area contributed by atoms with Gasteiger partial charge in [0.1, 0.15) is 11.8 Å². The molecular formula is C25H31NO3. The molecule has 2 aliphatic rings. The summed E-state index contributed by atoms with van der Waals surface area (Å²) in [7, 11) is 0. The Morgan fingerprint density at radius 2 is 1.76 bits per heavy atom. The smallest absolute Gasteiger partial charge is 0.355 e. The summed E-state index contributed by atoms with van der Waals surface area (Å²) < 4.78 is 5.81. The number of carbonyl (C=O) groups is 2. The van der Waals surface area contributed by atoms with Crippen LogP contribution >= 0.6 is 0 Å². The van der Waals surface area contributed by atoms with E-state index < -0.39 is 0 Å². The Labute approximate surface area is 173 Å². The molecule has 1 saturated carbocycles. The van der Waals surface area contributed by atoms with Crippen LogP contribution in [0.15, 0.2) is 24.3 Å². The summed E-state index contributed by atoms with van der Waals surface area (Å²) in [5.41, 5.74) is 5.31. The third-order valence-corrected chi connectivity index (χ3v) is 6.63. The molecule has 0 spiro atoms. The Kier molecular flexibility index (Phi) is 5.89. The van der Waals surface area contributed by atoms with Gasteiger partial charge in [-0.2, -0.15) is 0 Å². The fourth-order valence-electron chi connectivity index (χ4n) is 4.87. The topological polar surface area (TPSA) is 59.2 Å². The number of hydrogen-bond donors (Lipinski definition) is 1. The number of Topliss-reactive ketones (excluding diaryl/α,β-unsaturated/α-hetero) is 1. The molecule has 1 fully saturated rings. The lowest BCUT2D eigenvalue weighted by Crippen LogP contribution is -2.18. The molecule has 2 aliphatic carbocycles. The zero-order chi connectivity index (χ0) is 20.4. The molecular weight excluding hydrogens is 362 g/mol. The van der Waals surface area contributed by atoms with Crippen molar-refractivity contribution in [3.63, 3.8) is 0 Å². The zero-order valence-electron chi connectivity index (χ0n) is 17.6. The summed E-state index contributed by atoms with van der Waals surface area (Å²) in [5, 5.41) is 0. The van der Waals surface area contributed by atoms with E-state index in [9.17, 15) is 9.59 Å². The summed E-state index contributed by atoms with van der Waals surface area (Å²) in [6.07, 6.45) is 8.84. The molecule has 4 heteroatoms. The number of ketones is 1. The van der Waals surface area contributed by atoms with Crippen molar-refractivity contribution in [2.75, 3.05) is 0 Å². The highest BCUT2D eigenvalue weighted by atomic mass is 16.5. The van der Waals surface area contributed by atoms with Gasteiger partial charge in [0.05, 0.1) is 0 Å². The van der Waals surface area contributed by atoms with Crippen molar-refractivity contribution in [3.8, 4) is 0 Å². The van der Waals surface area contributed by atoms with Crippen molar-refractivity contribution in [1.82, 2.24) is 4.98 Å². The predicted octanol–water partition coefficient (Wildman–Crippen LogP) is 5.68. The average molecular weight is 394 g/mol. The maximum atomic E-state index is 12.9. The standard InChI is InChI=1S/C25H31NO3/c1-3-17-10-12-18(13-11-17)19-14-21-23(22(27)15-19)16(2)24(26-21)25(28)29-20-8-6-4-5-7-9-20/h10-13,19-20,26H,3-9,14-15H2,1-2H3/t19-/m1/s1. The first-order valence-electron chi connectivity index (χ1n) is 11.1. The number of aromatic amines is 1. The van der Waals surface area contributed by atoms with Gasteiger partial charge in [0.25, 0.3) is 0 Å². The number of aryl methyl sites for hydroxylation is 1. The number of esters is 1. The van der Waals surface area contributed by atoms with Crippen LogP contribution in [0.5, 0.6) is 0 Å². The van der Waals surface area contributed by atoms with Crippen LogP contribution in [0.4, 0.5) is 0 Å². The van der Waals surface area contributed by atoms with E-state index in [2.05, 4.69) is 36.2 Å². The first kappa shape index (κ1) is 19.9. The molecule has 0 aliphatic heterocycles. The molecule has 0 unspecified atom stereocenters. The van der Waals surface area contributed by atoms with E-state index in [0.29, 0.717) is 17.7 Å². The number of fused-ring (bicyclic) bond motifs is 1. The molecule has 1 aromatic heterocycles. The van der Waals surface area contributed by atoms with Crippen molar-refractivity contribution in [1.29, 1.82) is 0 Å². The predicted molar refractivity (Wildman–Crippen MR) is 114 cm³/mol. The van der Waals surface area contributed by atoms with Crippen molar-refractivity contribution >= 4 is 11.8 Å². The molecule has 154 valence electrons. The summed E-state index contributed by atoms with van der Waals surface area (Å²) >= 11 is 0. The van der Waals surface area contributed by atoms with Crippen molar-refractivity contribution in [2.24, 2.45) is 0 Å². The van der Waals surface area contributed by atoms with Gasteiger partial charge in [-0.1, -0.05) is 44.0 Å². The number of benzene rings is 1. The lowest BCUT2D eigenvalue weighted by molar-refractivity contribution is 0.0260. The maximum absolute atomic E-state index is 12.9. The number of nitrogens with one attached hydrogen (secondary N) is 1. The minimum atomic E-state index is -0.305. The third kappa shape index (κ3) is 4.17. The third-order valence-electron chi connectivity index (χ3n) is 6.63. The Bertz CT molecular complexity index is 886. The van der Waals surface area contributed by atoms with Crippen LogP contribution in [0.2, 0.25) is 0 Å². The van der Waals surface area contributed by atoms with Crippen LogP contribution in [-0.4, -0.2) is 22.8 Å². The highest BCUT2D eigenvalue weighted by Crippen LogP contribution is 2.35. The van der Waals surface area contributed by atoms with Gasteiger partial charge in [-0.3, -0.25) is 4.79 Å². The number of ether oxygens (including phenoxy) is 1. The minimum absolute atomic E-state index is 0.00487. The Balaban J connectivity index is 1.53. The van der Waals surface area contributed by atoms with Crippen LogP contribution in [0.3, 0.4) is 0 Å². The first-order chi connectivity index (χ1) is 14.1. The van der Waals surface area contributed by atoms with E-state index in [1.807, 2.05) is 6.92 Å². The van der Waals surface area contributed by atoms with Gasteiger partial charge < -0.3 is 9.72 Å². The van der Waals surface area contributed by atoms with E-state index in [4.69, 9.17) is 4.74 Å². The van der Waals surface area contributed by atoms with E-state index in [0.717, 1.165) is 49.8 Å². The summed E-state index contributed by atoms with van der Waals surface area (Å²) in [6.45, 7) is 4.01. The lowest BCUT2D eigenvalue weighted by Gasteiger charge is -2.22.